The molecular formula is C24H28F3N3O2. The number of nitrogens with one attached hydrogen (secondary N) is 1. The number of likely N-dealkylation sites (tertiary alicyclic amines) is 1. The number of carbonyl (C=O) groups excluding carboxylic acids is 1. The van der Waals surface area contributed by atoms with Crippen molar-refractivity contribution in [3.8, 4) is 5.75 Å². The van der Waals surface area contributed by atoms with Crippen LogP contribution in [-0.4, -0.2) is 49.6 Å². The lowest BCUT2D eigenvalue weighted by Gasteiger charge is -2.29. The van der Waals surface area contributed by atoms with Crippen LogP contribution in [-0.2, 0) is 6.18 Å². The molecule has 1 N–H and O–H groups in total. The summed E-state index contributed by atoms with van der Waals surface area (Å²) in [7, 11) is 1.46. The standard InChI is InChI=1S/C24H28F3N3O2/c1-16-5-4-11-30(16)19-10-12-29(15-19)18-8-9-22(21(14-18)24(25,26)27)28-23(31)17-6-3-7-20(13-17)32-2/h3,6-9,13-14,16,19H,4-5,10-12,15H2,1-2H3,(H,28,31). The van der Waals surface area contributed by atoms with Crippen LogP contribution < -0.4 is 15.0 Å². The molecule has 172 valence electrons. The minimum atomic E-state index is -4.59. The molecule has 2 aliphatic rings. The molecule has 0 spiro atoms. The summed E-state index contributed by atoms with van der Waals surface area (Å²) < 4.78 is 46.7. The third-order valence-corrected chi connectivity index (χ3v) is 6.49. The van der Waals surface area contributed by atoms with Crippen LogP contribution in [0.25, 0.3) is 0 Å². The van der Waals surface area contributed by atoms with Gasteiger partial charge in [-0.2, -0.15) is 13.2 Å². The van der Waals surface area contributed by atoms with Gasteiger partial charge in [0.05, 0.1) is 18.4 Å². The van der Waals surface area contributed by atoms with E-state index >= 15 is 0 Å². The fraction of sp³-hybridized carbons (Fsp3) is 0.458. The molecule has 2 atom stereocenters. The van der Waals surface area contributed by atoms with Crippen LogP contribution in [0.15, 0.2) is 42.5 Å². The zero-order valence-electron chi connectivity index (χ0n) is 18.3. The lowest BCUT2D eigenvalue weighted by atomic mass is 10.1. The number of alkyl halides is 3. The van der Waals surface area contributed by atoms with Gasteiger partial charge in [-0.05, 0) is 69.1 Å². The molecule has 2 aliphatic heterocycles. The summed E-state index contributed by atoms with van der Waals surface area (Å²) in [5.41, 5.74) is -0.336. The van der Waals surface area contributed by atoms with Crippen molar-refractivity contribution in [1.82, 2.24) is 4.90 Å². The molecule has 0 aromatic heterocycles. The second-order valence-electron chi connectivity index (χ2n) is 8.53. The van der Waals surface area contributed by atoms with Crippen LogP contribution in [0.2, 0.25) is 0 Å². The third kappa shape index (κ3) is 4.70. The Labute approximate surface area is 186 Å². The van der Waals surface area contributed by atoms with E-state index in [2.05, 4.69) is 17.1 Å². The highest BCUT2D eigenvalue weighted by molar-refractivity contribution is 6.05. The molecule has 0 aliphatic carbocycles. The van der Waals surface area contributed by atoms with Crippen molar-refractivity contribution in [2.24, 2.45) is 0 Å². The van der Waals surface area contributed by atoms with E-state index < -0.39 is 17.6 Å². The number of hydrogen-bond donors (Lipinski definition) is 1. The first-order valence-electron chi connectivity index (χ1n) is 10.9. The van der Waals surface area contributed by atoms with Crippen molar-refractivity contribution in [3.63, 3.8) is 0 Å². The fourth-order valence-corrected chi connectivity index (χ4v) is 4.78. The Kier molecular flexibility index (Phi) is 6.33. The van der Waals surface area contributed by atoms with Gasteiger partial charge in [0.1, 0.15) is 5.75 Å². The molecule has 0 saturated carbocycles. The summed E-state index contributed by atoms with van der Waals surface area (Å²) in [6.07, 6.45) is -1.29. The quantitative estimate of drug-likeness (QED) is 0.698. The van der Waals surface area contributed by atoms with Crippen molar-refractivity contribution >= 4 is 17.3 Å². The Morgan fingerprint density at radius 3 is 2.62 bits per heavy atom. The van der Waals surface area contributed by atoms with Gasteiger partial charge < -0.3 is 15.0 Å². The van der Waals surface area contributed by atoms with E-state index in [-0.39, 0.29) is 11.3 Å². The lowest BCUT2D eigenvalue weighted by Crippen LogP contribution is -2.39. The molecule has 2 saturated heterocycles. The van der Waals surface area contributed by atoms with Gasteiger partial charge in [0, 0.05) is 36.4 Å². The van der Waals surface area contributed by atoms with Crippen LogP contribution in [0, 0.1) is 0 Å². The van der Waals surface area contributed by atoms with Crippen LogP contribution in [0.1, 0.15) is 42.1 Å². The van der Waals surface area contributed by atoms with Crippen LogP contribution in [0.5, 0.6) is 5.75 Å². The SMILES string of the molecule is COc1cccc(C(=O)Nc2ccc(N3CCC(N4CCCC4C)C3)cc2C(F)(F)F)c1. The highest BCUT2D eigenvalue weighted by atomic mass is 19.4. The first kappa shape index (κ1) is 22.5. The number of nitrogens with zero attached hydrogens (tertiary/aromatic N) is 2. The first-order valence-corrected chi connectivity index (χ1v) is 10.9. The van der Waals surface area contributed by atoms with Gasteiger partial charge in [-0.15, -0.1) is 0 Å². The van der Waals surface area contributed by atoms with E-state index in [4.69, 9.17) is 4.74 Å². The number of methoxy groups -OCH3 is 1. The van der Waals surface area contributed by atoms with Crippen molar-refractivity contribution < 1.29 is 22.7 Å². The van der Waals surface area contributed by atoms with Gasteiger partial charge in [-0.3, -0.25) is 9.69 Å². The van der Waals surface area contributed by atoms with Crippen molar-refractivity contribution in [3.05, 3.63) is 53.6 Å². The van der Waals surface area contributed by atoms with E-state index in [0.29, 0.717) is 23.5 Å². The van der Waals surface area contributed by atoms with Gasteiger partial charge in [-0.25, -0.2) is 0 Å². The van der Waals surface area contributed by atoms with E-state index in [1.54, 1.807) is 18.2 Å². The molecule has 1 amide bonds. The number of carbonyl (C=O) groups is 1. The maximum Gasteiger partial charge on any atom is 0.418 e. The molecule has 32 heavy (non-hydrogen) atoms. The van der Waals surface area contributed by atoms with Crippen LogP contribution >= 0.6 is 0 Å². The molecule has 0 bridgehead atoms. The molecule has 2 aromatic rings. The number of rotatable bonds is 5. The zero-order valence-corrected chi connectivity index (χ0v) is 18.3. The maximum absolute atomic E-state index is 13.9. The highest BCUT2D eigenvalue weighted by Crippen LogP contribution is 2.38. The van der Waals surface area contributed by atoms with Crippen molar-refractivity contribution in [2.75, 3.05) is 37.0 Å². The van der Waals surface area contributed by atoms with Crippen molar-refractivity contribution in [1.29, 1.82) is 0 Å². The summed E-state index contributed by atoms with van der Waals surface area (Å²) in [4.78, 5) is 17.1. The molecule has 4 rings (SSSR count). The average Bonchev–Trinajstić information content (AvgIpc) is 3.42. The fourth-order valence-electron chi connectivity index (χ4n) is 4.78. The van der Waals surface area contributed by atoms with E-state index in [1.165, 1.54) is 38.2 Å². The minimum absolute atomic E-state index is 0.226. The number of halogens is 3. The number of hydrogen-bond acceptors (Lipinski definition) is 4. The van der Waals surface area contributed by atoms with Gasteiger partial charge in [0.25, 0.3) is 5.91 Å². The predicted octanol–water partition coefficient (Wildman–Crippen LogP) is 5.03. The highest BCUT2D eigenvalue weighted by Gasteiger charge is 2.37. The molecular weight excluding hydrogens is 419 g/mol. The smallest absolute Gasteiger partial charge is 0.418 e. The normalized spacial score (nSPS) is 21.7. The number of benzene rings is 2. The Hall–Kier alpha value is -2.74. The molecule has 8 heteroatoms. The summed E-state index contributed by atoms with van der Waals surface area (Å²) in [5.74, 6) is -0.161. The minimum Gasteiger partial charge on any atom is -0.497 e. The zero-order chi connectivity index (χ0) is 22.9. The molecule has 0 radical (unpaired) electrons. The largest absolute Gasteiger partial charge is 0.497 e. The summed E-state index contributed by atoms with van der Waals surface area (Å²) >= 11 is 0. The Bertz CT molecular complexity index is 979. The van der Waals surface area contributed by atoms with E-state index in [0.717, 1.165) is 32.1 Å². The van der Waals surface area contributed by atoms with Gasteiger partial charge in [-0.1, -0.05) is 6.07 Å². The first-order chi connectivity index (χ1) is 15.3. The Balaban J connectivity index is 1.54. The van der Waals surface area contributed by atoms with Gasteiger partial charge in [0.15, 0.2) is 0 Å². The summed E-state index contributed by atoms with van der Waals surface area (Å²) in [6.45, 7) is 4.72. The number of ether oxygens (including phenoxy) is 1. The third-order valence-electron chi connectivity index (χ3n) is 6.49. The second-order valence-corrected chi connectivity index (χ2v) is 8.53. The lowest BCUT2D eigenvalue weighted by molar-refractivity contribution is -0.136. The Morgan fingerprint density at radius 1 is 1.12 bits per heavy atom. The molecule has 2 heterocycles. The molecule has 2 unspecified atom stereocenters. The van der Waals surface area contributed by atoms with Crippen molar-refractivity contribution in [2.45, 2.75) is 44.4 Å². The number of amides is 1. The van der Waals surface area contributed by atoms with Crippen LogP contribution in [0.3, 0.4) is 0 Å². The van der Waals surface area contributed by atoms with E-state index in [1.807, 2.05) is 4.90 Å². The second kappa shape index (κ2) is 9.02. The van der Waals surface area contributed by atoms with E-state index in [9.17, 15) is 18.0 Å². The maximum atomic E-state index is 13.9. The summed E-state index contributed by atoms with van der Waals surface area (Å²) in [5, 5.41) is 2.42. The molecule has 2 fully saturated rings. The topological polar surface area (TPSA) is 44.8 Å². The average molecular weight is 448 g/mol. The summed E-state index contributed by atoms with van der Waals surface area (Å²) in [6, 6.07) is 11.4. The Morgan fingerprint density at radius 2 is 1.94 bits per heavy atom. The number of anilines is 2. The van der Waals surface area contributed by atoms with Gasteiger partial charge >= 0.3 is 6.18 Å². The van der Waals surface area contributed by atoms with Gasteiger partial charge in [0.2, 0.25) is 0 Å². The molecule has 5 nitrogen and oxygen atoms in total. The predicted molar refractivity (Wildman–Crippen MR) is 118 cm³/mol. The molecule has 2 aromatic carbocycles. The van der Waals surface area contributed by atoms with Crippen LogP contribution in [0.4, 0.5) is 24.5 Å². The monoisotopic (exact) mass is 447 g/mol.